The third-order valence-electron chi connectivity index (χ3n) is 6.61. The molecule has 2 fully saturated rings. The summed E-state index contributed by atoms with van der Waals surface area (Å²) in [7, 11) is 0. The molecule has 14 heteroatoms. The van der Waals surface area contributed by atoms with Crippen LogP contribution >= 0.6 is 0 Å². The fraction of sp³-hybridized carbons (Fsp3) is 0.250. The van der Waals surface area contributed by atoms with Crippen molar-refractivity contribution < 1.29 is 38.0 Å². The minimum absolute atomic E-state index is 0.178. The number of nitrogens with one attached hydrogen (secondary N) is 2. The van der Waals surface area contributed by atoms with Crippen LogP contribution < -0.4 is 15.4 Å². The predicted molar refractivity (Wildman–Crippen MR) is 145 cm³/mol. The maximum Gasteiger partial charge on any atom is 0.339 e. The molecule has 0 saturated carbocycles. The Kier molecular flexibility index (Phi) is 7.48. The maximum atomic E-state index is 14.8. The second-order valence-corrected chi connectivity index (χ2v) is 9.30. The molecule has 42 heavy (non-hydrogen) atoms. The Morgan fingerprint density at radius 2 is 1.88 bits per heavy atom. The molecule has 216 valence electrons. The lowest BCUT2D eigenvalue weighted by Gasteiger charge is -2.21. The van der Waals surface area contributed by atoms with E-state index in [0.29, 0.717) is 12.2 Å². The van der Waals surface area contributed by atoms with E-state index >= 15 is 0 Å². The van der Waals surface area contributed by atoms with Crippen LogP contribution in [-0.4, -0.2) is 68.0 Å². The molecule has 2 aliphatic heterocycles. The van der Waals surface area contributed by atoms with E-state index in [1.54, 1.807) is 17.6 Å². The van der Waals surface area contributed by atoms with Gasteiger partial charge in [0, 0.05) is 6.54 Å². The van der Waals surface area contributed by atoms with E-state index in [0.717, 1.165) is 11.6 Å². The van der Waals surface area contributed by atoms with E-state index in [9.17, 15) is 19.1 Å². The number of fused-ring (bicyclic) bond motifs is 2. The van der Waals surface area contributed by atoms with Crippen molar-refractivity contribution in [1.82, 2.24) is 24.8 Å². The van der Waals surface area contributed by atoms with Gasteiger partial charge in [-0.2, -0.15) is 0 Å². The first-order valence-corrected chi connectivity index (χ1v) is 13.0. The molecule has 0 radical (unpaired) electrons. The van der Waals surface area contributed by atoms with E-state index in [1.807, 2.05) is 36.4 Å². The lowest BCUT2D eigenvalue weighted by atomic mass is 10.2. The number of para-hydroxylation sites is 1. The third-order valence-corrected chi connectivity index (χ3v) is 6.61. The number of rotatable bonds is 8. The summed E-state index contributed by atoms with van der Waals surface area (Å²) < 4.78 is 40.6. The van der Waals surface area contributed by atoms with Crippen molar-refractivity contribution >= 4 is 35.1 Å². The summed E-state index contributed by atoms with van der Waals surface area (Å²) in [6.07, 6.45) is 1.53. The summed E-state index contributed by atoms with van der Waals surface area (Å²) in [5, 5.41) is 14.9. The van der Waals surface area contributed by atoms with Gasteiger partial charge in [-0.3, -0.25) is 9.88 Å². The molecule has 0 spiro atoms. The topological polar surface area (TPSA) is 159 Å². The van der Waals surface area contributed by atoms with Crippen LogP contribution in [0.4, 0.5) is 15.0 Å². The first-order chi connectivity index (χ1) is 20.4. The van der Waals surface area contributed by atoms with Crippen LogP contribution in [0.15, 0.2) is 67.3 Å². The van der Waals surface area contributed by atoms with Gasteiger partial charge >= 0.3 is 12.0 Å². The molecule has 2 aromatic heterocycles. The smallest absolute Gasteiger partial charge is 0.339 e. The van der Waals surface area contributed by atoms with Gasteiger partial charge in [-0.15, -0.1) is 0 Å². The molecule has 0 bridgehead atoms. The SMILES string of the molecule is CCNC(=O)Nc1ncnc2c1ncn2C1OC(Oc2c(F)cccc2C(=O)O)C2O[C@H](/C=C/c3ccccc3)OC21. The second-order valence-electron chi connectivity index (χ2n) is 9.30. The molecule has 3 N–H and O–H groups in total. The van der Waals surface area contributed by atoms with Gasteiger partial charge in [0.25, 0.3) is 0 Å². The lowest BCUT2D eigenvalue weighted by molar-refractivity contribution is -0.177. The number of urea groups is 1. The van der Waals surface area contributed by atoms with E-state index in [-0.39, 0.29) is 16.9 Å². The third kappa shape index (κ3) is 5.25. The number of aromatic carboxylic acids is 1. The van der Waals surface area contributed by atoms with Crippen LogP contribution in [0.5, 0.6) is 5.75 Å². The van der Waals surface area contributed by atoms with E-state index in [2.05, 4.69) is 25.6 Å². The Bertz CT molecular complexity index is 1650. The number of amides is 2. The van der Waals surface area contributed by atoms with Crippen molar-refractivity contribution in [3.05, 3.63) is 84.2 Å². The van der Waals surface area contributed by atoms with Crippen molar-refractivity contribution in [2.24, 2.45) is 0 Å². The van der Waals surface area contributed by atoms with Crippen LogP contribution in [0.1, 0.15) is 29.1 Å². The number of hydrogen-bond acceptors (Lipinski definition) is 9. The average Bonchev–Trinajstić information content (AvgIpc) is 3.68. The highest BCUT2D eigenvalue weighted by molar-refractivity contribution is 5.95. The Morgan fingerprint density at radius 1 is 1.07 bits per heavy atom. The Labute approximate surface area is 237 Å². The number of imidazole rings is 1. The van der Waals surface area contributed by atoms with Crippen molar-refractivity contribution in [2.75, 3.05) is 11.9 Å². The number of aromatic nitrogens is 4. The number of anilines is 1. The molecule has 13 nitrogen and oxygen atoms in total. The number of halogens is 1. The minimum Gasteiger partial charge on any atom is -0.478 e. The number of nitrogens with zero attached hydrogens (tertiary/aromatic N) is 4. The van der Waals surface area contributed by atoms with Crippen molar-refractivity contribution in [3.63, 3.8) is 0 Å². The van der Waals surface area contributed by atoms with Gasteiger partial charge < -0.3 is 29.4 Å². The van der Waals surface area contributed by atoms with Crippen LogP contribution in [0, 0.1) is 5.82 Å². The zero-order valence-electron chi connectivity index (χ0n) is 22.1. The zero-order valence-corrected chi connectivity index (χ0v) is 22.1. The standard InChI is InChI=1S/C28H25FN6O7/c1-2-30-28(38)34-23-19-24(32-13-31-23)35(14-33-19)25-21-22(40-18(39-21)12-11-15-7-4-3-5-8-15)27(42-25)41-20-16(26(36)37)9-6-10-17(20)29/h3-14,18,21-22,25,27H,2H2,1H3,(H,36,37)(H2,30,31,32,34,38)/b12-11+/t18-,21?,22?,25?,27?/m1/s1. The van der Waals surface area contributed by atoms with Gasteiger partial charge in [-0.25, -0.2) is 28.9 Å². The van der Waals surface area contributed by atoms with Crippen molar-refractivity contribution in [2.45, 2.75) is 37.9 Å². The number of benzene rings is 2. The largest absolute Gasteiger partial charge is 0.478 e. The number of carbonyl (C=O) groups excluding carboxylic acids is 1. The normalized spacial score (nSPS) is 23.2. The van der Waals surface area contributed by atoms with Gasteiger partial charge in [0.15, 0.2) is 47.2 Å². The number of carboxylic acids is 1. The summed E-state index contributed by atoms with van der Waals surface area (Å²) in [5.41, 5.74) is 1.14. The molecule has 2 amide bonds. The predicted octanol–water partition coefficient (Wildman–Crippen LogP) is 3.56. The first kappa shape index (κ1) is 27.3. The molecule has 0 aliphatic carbocycles. The van der Waals surface area contributed by atoms with Gasteiger partial charge in [0.05, 0.1) is 6.33 Å². The highest BCUT2D eigenvalue weighted by Crippen LogP contribution is 2.42. The number of hydrogen-bond donors (Lipinski definition) is 3. The van der Waals surface area contributed by atoms with E-state index in [4.69, 9.17) is 18.9 Å². The molecular formula is C28H25FN6O7. The van der Waals surface area contributed by atoms with Crippen LogP contribution in [0.3, 0.4) is 0 Å². The lowest BCUT2D eigenvalue weighted by Crippen LogP contribution is -2.33. The number of ether oxygens (including phenoxy) is 4. The number of carbonyl (C=O) groups is 2. The minimum atomic E-state index is -1.37. The van der Waals surface area contributed by atoms with Gasteiger partial charge in [-0.05, 0) is 30.7 Å². The quantitative estimate of drug-likeness (QED) is 0.283. The van der Waals surface area contributed by atoms with Crippen LogP contribution in [-0.2, 0) is 14.2 Å². The molecule has 6 rings (SSSR count). The summed E-state index contributed by atoms with van der Waals surface area (Å²) in [6.45, 7) is 2.20. The van der Waals surface area contributed by atoms with Crippen LogP contribution in [0.2, 0.25) is 0 Å². The Morgan fingerprint density at radius 3 is 2.67 bits per heavy atom. The summed E-state index contributed by atoms with van der Waals surface area (Å²) in [5.74, 6) is -2.56. The molecular weight excluding hydrogens is 551 g/mol. The first-order valence-electron chi connectivity index (χ1n) is 13.0. The fourth-order valence-corrected chi connectivity index (χ4v) is 4.76. The van der Waals surface area contributed by atoms with Gasteiger partial charge in [-0.1, -0.05) is 42.5 Å². The fourth-order valence-electron chi connectivity index (χ4n) is 4.76. The maximum absolute atomic E-state index is 14.8. The highest BCUT2D eigenvalue weighted by Gasteiger charge is 2.55. The molecule has 2 aromatic carbocycles. The Hall–Kier alpha value is -4.92. The Balaban J connectivity index is 1.33. The van der Waals surface area contributed by atoms with Gasteiger partial charge in [0.2, 0.25) is 6.29 Å². The molecule has 5 atom stereocenters. The molecule has 4 unspecified atom stereocenters. The van der Waals surface area contributed by atoms with Crippen molar-refractivity contribution in [3.8, 4) is 5.75 Å². The average molecular weight is 577 g/mol. The highest BCUT2D eigenvalue weighted by atomic mass is 19.1. The molecule has 4 heterocycles. The van der Waals surface area contributed by atoms with E-state index in [1.165, 1.54) is 24.8 Å². The molecule has 2 aliphatic rings. The summed E-state index contributed by atoms with van der Waals surface area (Å²) in [6, 6.07) is 12.7. The summed E-state index contributed by atoms with van der Waals surface area (Å²) in [4.78, 5) is 36.7. The summed E-state index contributed by atoms with van der Waals surface area (Å²) >= 11 is 0. The van der Waals surface area contributed by atoms with Gasteiger partial charge in [0.1, 0.15) is 18.0 Å². The molecule has 2 saturated heterocycles. The van der Waals surface area contributed by atoms with Crippen LogP contribution in [0.25, 0.3) is 17.2 Å². The second kappa shape index (κ2) is 11.5. The number of carboxylic acid groups (broad SMARTS) is 1. The van der Waals surface area contributed by atoms with E-state index < -0.39 is 54.6 Å². The zero-order chi connectivity index (χ0) is 29.2. The molecule has 4 aromatic rings. The van der Waals surface area contributed by atoms with Crippen molar-refractivity contribution in [1.29, 1.82) is 0 Å². The monoisotopic (exact) mass is 576 g/mol.